The Bertz CT molecular complexity index is 642. The summed E-state index contributed by atoms with van der Waals surface area (Å²) in [5.41, 5.74) is 1.60. The maximum absolute atomic E-state index is 12.4. The summed E-state index contributed by atoms with van der Waals surface area (Å²) in [6.45, 7) is 1.77. The number of carbonyl (C=O) groups is 1. The summed E-state index contributed by atoms with van der Waals surface area (Å²) < 4.78 is 6.51. The van der Waals surface area contributed by atoms with E-state index in [1.807, 2.05) is 48.5 Å². The fourth-order valence-corrected chi connectivity index (χ4v) is 2.63. The number of fused-ring (bicyclic) bond motifs is 1. The molecule has 0 radical (unpaired) electrons. The monoisotopic (exact) mass is 317 g/mol. The van der Waals surface area contributed by atoms with Gasteiger partial charge >= 0.3 is 0 Å². The molecule has 19 heavy (non-hydrogen) atoms. The predicted molar refractivity (Wildman–Crippen MR) is 77.8 cm³/mol. The van der Waals surface area contributed by atoms with Crippen molar-refractivity contribution in [1.29, 1.82) is 0 Å². The molecule has 1 amide bonds. The minimum atomic E-state index is -0.484. The van der Waals surface area contributed by atoms with Crippen LogP contribution in [0.5, 0.6) is 5.75 Å². The van der Waals surface area contributed by atoms with Crippen molar-refractivity contribution in [3.63, 3.8) is 0 Å². The van der Waals surface area contributed by atoms with Crippen LogP contribution in [-0.4, -0.2) is 12.0 Å². The molecule has 96 valence electrons. The van der Waals surface area contributed by atoms with E-state index >= 15 is 0 Å². The van der Waals surface area contributed by atoms with Crippen molar-refractivity contribution < 1.29 is 9.53 Å². The standard InChI is InChI=1S/C15H12BrNO2/c1-10-15(18)17(12-7-3-2-6-11(12)16)13-8-4-5-9-14(13)19-10/h2-10H,1H3. The quantitative estimate of drug-likeness (QED) is 0.798. The molecule has 1 unspecified atom stereocenters. The Morgan fingerprint density at radius 2 is 1.68 bits per heavy atom. The van der Waals surface area contributed by atoms with E-state index in [4.69, 9.17) is 4.74 Å². The van der Waals surface area contributed by atoms with Gasteiger partial charge in [-0.25, -0.2) is 0 Å². The lowest BCUT2D eigenvalue weighted by molar-refractivity contribution is -0.124. The SMILES string of the molecule is CC1Oc2ccccc2N(c2ccccc2Br)C1=O. The highest BCUT2D eigenvalue weighted by Crippen LogP contribution is 2.40. The maximum Gasteiger partial charge on any atom is 0.272 e. The van der Waals surface area contributed by atoms with Gasteiger partial charge in [0, 0.05) is 4.47 Å². The van der Waals surface area contributed by atoms with E-state index in [1.165, 1.54) is 0 Å². The molecule has 0 aromatic heterocycles. The molecule has 0 N–H and O–H groups in total. The highest BCUT2D eigenvalue weighted by atomic mass is 79.9. The molecule has 0 saturated heterocycles. The molecule has 2 aromatic rings. The maximum atomic E-state index is 12.4. The molecular weight excluding hydrogens is 306 g/mol. The van der Waals surface area contributed by atoms with Crippen LogP contribution in [0.25, 0.3) is 0 Å². The molecule has 0 spiro atoms. The number of nitrogens with zero attached hydrogens (tertiary/aromatic N) is 1. The number of carbonyl (C=O) groups excluding carboxylic acids is 1. The number of hydrogen-bond acceptors (Lipinski definition) is 2. The van der Waals surface area contributed by atoms with E-state index in [9.17, 15) is 4.79 Å². The number of ether oxygens (including phenoxy) is 1. The molecular formula is C15H12BrNO2. The first-order valence-corrected chi connectivity index (χ1v) is 6.82. The molecule has 3 nitrogen and oxygen atoms in total. The summed E-state index contributed by atoms with van der Waals surface area (Å²) in [5.74, 6) is 0.663. The normalized spacial score (nSPS) is 17.9. The van der Waals surface area contributed by atoms with Gasteiger partial charge in [0.2, 0.25) is 0 Å². The van der Waals surface area contributed by atoms with Gasteiger partial charge < -0.3 is 4.74 Å². The fourth-order valence-electron chi connectivity index (χ4n) is 2.16. The van der Waals surface area contributed by atoms with Gasteiger partial charge in [0.25, 0.3) is 5.91 Å². The molecule has 1 atom stereocenters. The summed E-state index contributed by atoms with van der Waals surface area (Å²) in [6.07, 6.45) is -0.484. The van der Waals surface area contributed by atoms with E-state index in [0.717, 1.165) is 21.6 Å². The van der Waals surface area contributed by atoms with Gasteiger partial charge in [-0.15, -0.1) is 0 Å². The summed E-state index contributed by atoms with van der Waals surface area (Å²) in [4.78, 5) is 14.1. The van der Waals surface area contributed by atoms with Crippen LogP contribution in [0.1, 0.15) is 6.92 Å². The molecule has 2 aromatic carbocycles. The summed E-state index contributed by atoms with van der Waals surface area (Å²) in [6, 6.07) is 15.2. The van der Waals surface area contributed by atoms with Crippen LogP contribution in [0, 0.1) is 0 Å². The van der Waals surface area contributed by atoms with Crippen molar-refractivity contribution >= 4 is 33.2 Å². The fraction of sp³-hybridized carbons (Fsp3) is 0.133. The minimum absolute atomic E-state index is 0.0643. The van der Waals surface area contributed by atoms with Crippen molar-refractivity contribution in [3.8, 4) is 5.75 Å². The van der Waals surface area contributed by atoms with Crippen molar-refractivity contribution in [2.75, 3.05) is 4.90 Å². The number of hydrogen-bond donors (Lipinski definition) is 0. The molecule has 0 aliphatic carbocycles. The van der Waals surface area contributed by atoms with Gasteiger partial charge in [-0.3, -0.25) is 9.69 Å². The summed E-state index contributed by atoms with van der Waals surface area (Å²) in [5, 5.41) is 0. The second-order valence-corrected chi connectivity index (χ2v) is 5.21. The average Bonchev–Trinajstić information content (AvgIpc) is 2.42. The number of amides is 1. The zero-order valence-corrected chi connectivity index (χ0v) is 11.9. The number of rotatable bonds is 1. The van der Waals surface area contributed by atoms with Crippen molar-refractivity contribution in [2.24, 2.45) is 0 Å². The molecule has 0 saturated carbocycles. The average molecular weight is 318 g/mol. The second-order valence-electron chi connectivity index (χ2n) is 4.35. The number of benzene rings is 2. The highest BCUT2D eigenvalue weighted by molar-refractivity contribution is 9.10. The van der Waals surface area contributed by atoms with Gasteiger partial charge in [-0.2, -0.15) is 0 Å². The molecule has 0 fully saturated rings. The van der Waals surface area contributed by atoms with Crippen LogP contribution in [0.3, 0.4) is 0 Å². The first-order chi connectivity index (χ1) is 9.18. The third kappa shape index (κ3) is 2.02. The molecule has 3 rings (SSSR count). The Hall–Kier alpha value is -1.81. The molecule has 4 heteroatoms. The molecule has 1 aliphatic heterocycles. The van der Waals surface area contributed by atoms with Crippen molar-refractivity contribution in [3.05, 3.63) is 53.0 Å². The topological polar surface area (TPSA) is 29.5 Å². The minimum Gasteiger partial charge on any atom is -0.479 e. The van der Waals surface area contributed by atoms with Crippen molar-refractivity contribution in [1.82, 2.24) is 0 Å². The van der Waals surface area contributed by atoms with E-state index < -0.39 is 6.10 Å². The number of para-hydroxylation sites is 3. The predicted octanol–water partition coefficient (Wildman–Crippen LogP) is 3.89. The molecule has 1 heterocycles. The Labute approximate surface area is 119 Å². The van der Waals surface area contributed by atoms with Gasteiger partial charge in [-0.1, -0.05) is 24.3 Å². The van der Waals surface area contributed by atoms with E-state index in [1.54, 1.807) is 11.8 Å². The molecule has 1 aliphatic rings. The highest BCUT2D eigenvalue weighted by Gasteiger charge is 2.33. The second kappa shape index (κ2) is 4.70. The first-order valence-electron chi connectivity index (χ1n) is 6.02. The Morgan fingerprint density at radius 1 is 1.05 bits per heavy atom. The van der Waals surface area contributed by atoms with Gasteiger partial charge in [0.15, 0.2) is 6.10 Å². The molecule has 0 bridgehead atoms. The third-order valence-electron chi connectivity index (χ3n) is 3.07. The zero-order chi connectivity index (χ0) is 13.4. The number of anilines is 2. The smallest absolute Gasteiger partial charge is 0.272 e. The zero-order valence-electron chi connectivity index (χ0n) is 10.3. The van der Waals surface area contributed by atoms with Crippen LogP contribution in [-0.2, 0) is 4.79 Å². The lowest BCUT2D eigenvalue weighted by Crippen LogP contribution is -2.41. The van der Waals surface area contributed by atoms with E-state index in [2.05, 4.69) is 15.9 Å². The van der Waals surface area contributed by atoms with Gasteiger partial charge in [0.1, 0.15) is 5.75 Å². The Morgan fingerprint density at radius 3 is 2.42 bits per heavy atom. The number of halogens is 1. The Kier molecular flexibility index (Phi) is 3.03. The van der Waals surface area contributed by atoms with Gasteiger partial charge in [-0.05, 0) is 47.1 Å². The first kappa shape index (κ1) is 12.2. The van der Waals surface area contributed by atoms with Crippen molar-refractivity contribution in [2.45, 2.75) is 13.0 Å². The summed E-state index contributed by atoms with van der Waals surface area (Å²) in [7, 11) is 0. The Balaban J connectivity index is 2.19. The third-order valence-corrected chi connectivity index (χ3v) is 3.74. The van der Waals surface area contributed by atoms with Gasteiger partial charge in [0.05, 0.1) is 11.4 Å². The largest absolute Gasteiger partial charge is 0.479 e. The van der Waals surface area contributed by atoms with Crippen LogP contribution in [0.2, 0.25) is 0 Å². The van der Waals surface area contributed by atoms with E-state index in [-0.39, 0.29) is 5.91 Å². The van der Waals surface area contributed by atoms with Crippen LogP contribution >= 0.6 is 15.9 Å². The van der Waals surface area contributed by atoms with Crippen LogP contribution in [0.4, 0.5) is 11.4 Å². The summed E-state index contributed by atoms with van der Waals surface area (Å²) >= 11 is 3.50. The lowest BCUT2D eigenvalue weighted by atomic mass is 10.1. The van der Waals surface area contributed by atoms with Crippen LogP contribution in [0.15, 0.2) is 53.0 Å². The van der Waals surface area contributed by atoms with E-state index in [0.29, 0.717) is 0 Å². The van der Waals surface area contributed by atoms with Crippen LogP contribution < -0.4 is 9.64 Å². The lowest BCUT2D eigenvalue weighted by Gasteiger charge is -2.33.